The van der Waals surface area contributed by atoms with Gasteiger partial charge in [0.05, 0.1) is 45.3 Å². The molecule has 1 saturated carbocycles. The predicted molar refractivity (Wildman–Crippen MR) is 290 cm³/mol. The number of carbonyl (C=O) groups is 5. The first kappa shape index (κ1) is 55.3. The monoisotopic (exact) mass is 1100 g/mol. The standard InChI is InChI=1S/C54H69ClFN11O7S2/c1-32-47(75-31-61-32)33-9-10-34(24-60-49(71)39-22-37(68)29-66(39)50(72)48(52(2,3)4)63-51(73)54(56)13-14-54)40(21-33)74-20-19-64-27-35-11-12-36(28-64)67(35)45(70)23-43(69)62-38-7-6-8-41(46(38)55)76-44-26-58-42(25-59-44)65-17-15-53(5,30-57)16-18-65/h6-10,21,25-26,31,35-37,39,48,68H,11-20,22-24,27-30,57H2,1-5H3,(H,60,71)(H,62,69)(H,63,73)/t35?,36?,37-,39+,48-/m1/s1. The second-order valence-electron chi connectivity index (χ2n) is 22.4. The molecule has 2 aromatic heterocycles. The molecule has 6 N–H and O–H groups in total. The Bertz CT molecular complexity index is 2790. The third kappa shape index (κ3) is 12.6. The maximum atomic E-state index is 14.7. The summed E-state index contributed by atoms with van der Waals surface area (Å²) in [4.78, 5) is 91.0. The number of amides is 5. The Balaban J connectivity index is 0.777. The molecule has 18 nitrogen and oxygen atoms in total. The van der Waals surface area contributed by atoms with Crippen LogP contribution in [0.3, 0.4) is 0 Å². The average Bonchev–Trinajstić information content (AvgIpc) is 3.64. The number of nitrogens with one attached hydrogen (secondary N) is 3. The highest BCUT2D eigenvalue weighted by molar-refractivity contribution is 7.99. The summed E-state index contributed by atoms with van der Waals surface area (Å²) in [6.45, 7) is 13.9. The highest BCUT2D eigenvalue weighted by Crippen LogP contribution is 2.41. The third-order valence-corrected chi connectivity index (χ3v) is 18.0. The van der Waals surface area contributed by atoms with E-state index in [1.807, 2.05) is 36.1 Å². The number of nitrogens with two attached hydrogens (primary N) is 1. The number of alkyl halides is 1. The number of anilines is 2. The Kier molecular flexibility index (Phi) is 16.6. The van der Waals surface area contributed by atoms with E-state index in [4.69, 9.17) is 22.1 Å². The molecule has 2 bridgehead atoms. The summed E-state index contributed by atoms with van der Waals surface area (Å²) in [6.07, 6.45) is 6.04. The lowest BCUT2D eigenvalue weighted by molar-refractivity contribution is -0.145. The Morgan fingerprint density at radius 3 is 2.39 bits per heavy atom. The number of ether oxygens (including phenoxy) is 1. The maximum Gasteiger partial charge on any atom is 0.258 e. The fourth-order valence-corrected chi connectivity index (χ4v) is 12.5. The molecule has 76 heavy (non-hydrogen) atoms. The van der Waals surface area contributed by atoms with E-state index in [1.165, 1.54) is 28.0 Å². The van der Waals surface area contributed by atoms with E-state index >= 15 is 0 Å². The van der Waals surface area contributed by atoms with Crippen molar-refractivity contribution >= 4 is 75.7 Å². The molecule has 4 aliphatic heterocycles. The van der Waals surface area contributed by atoms with Crippen LogP contribution in [0.25, 0.3) is 10.4 Å². The van der Waals surface area contributed by atoms with Crippen LogP contribution in [0.4, 0.5) is 15.9 Å². The number of aryl methyl sites for hydroxylation is 1. The molecular formula is C54H69ClFN11O7S2. The normalized spacial score (nSPS) is 22.2. The zero-order chi connectivity index (χ0) is 54.1. The van der Waals surface area contributed by atoms with Gasteiger partial charge in [0, 0.05) is 74.8 Å². The predicted octanol–water partition coefficient (Wildman–Crippen LogP) is 5.97. The first-order valence-electron chi connectivity index (χ1n) is 26.2. The Morgan fingerprint density at radius 2 is 1.75 bits per heavy atom. The summed E-state index contributed by atoms with van der Waals surface area (Å²) < 4.78 is 21.2. The molecule has 22 heteroatoms. The molecular weight excluding hydrogens is 1030 g/mol. The van der Waals surface area contributed by atoms with Gasteiger partial charge in [0.2, 0.25) is 23.6 Å². The van der Waals surface area contributed by atoms with Gasteiger partial charge in [0.1, 0.15) is 41.7 Å². The topological polar surface area (TPSA) is 229 Å². The van der Waals surface area contributed by atoms with Crippen LogP contribution in [-0.2, 0) is 30.5 Å². The fraction of sp³-hybridized carbons (Fsp3) is 0.556. The van der Waals surface area contributed by atoms with Gasteiger partial charge in [-0.15, -0.1) is 11.3 Å². The van der Waals surface area contributed by atoms with Gasteiger partial charge < -0.3 is 46.2 Å². The van der Waals surface area contributed by atoms with Crippen molar-refractivity contribution < 1.29 is 38.2 Å². The first-order chi connectivity index (χ1) is 36.2. The average molecular weight is 1100 g/mol. The van der Waals surface area contributed by atoms with E-state index in [-0.39, 0.29) is 62.2 Å². The van der Waals surface area contributed by atoms with Crippen LogP contribution >= 0.6 is 34.7 Å². The smallest absolute Gasteiger partial charge is 0.258 e. The third-order valence-electron chi connectivity index (χ3n) is 15.6. The molecule has 5 atom stereocenters. The molecule has 1 aliphatic carbocycles. The summed E-state index contributed by atoms with van der Waals surface area (Å²) in [5.74, 6) is -1.19. The lowest BCUT2D eigenvalue weighted by Crippen LogP contribution is -2.59. The SMILES string of the molecule is Cc1ncsc1-c1ccc(CNC(=O)[C@@H]2C[C@@H](O)CN2C(=O)[C@@H](NC(=O)C2(F)CC2)C(C)(C)C)c(OCCN2CC3CCC(C2)N3C(=O)CC(=O)Nc2cccc(Sc3cnc(N4CCC(C)(CN)CC4)cn3)c2Cl)c1. The van der Waals surface area contributed by atoms with Crippen LogP contribution in [0.2, 0.25) is 5.02 Å². The van der Waals surface area contributed by atoms with Crippen molar-refractivity contribution in [2.24, 2.45) is 16.6 Å². The zero-order valence-corrected chi connectivity index (χ0v) is 46.2. The lowest BCUT2D eigenvalue weighted by Gasteiger charge is -2.41. The quantitative estimate of drug-likeness (QED) is 0.0724. The van der Waals surface area contributed by atoms with Crippen molar-refractivity contribution in [3.8, 4) is 16.2 Å². The van der Waals surface area contributed by atoms with Gasteiger partial charge in [-0.2, -0.15) is 0 Å². The second-order valence-corrected chi connectivity index (χ2v) is 24.7. The minimum absolute atomic E-state index is 0.00235. The largest absolute Gasteiger partial charge is 0.492 e. The number of likely N-dealkylation sites (tertiary alicyclic amines) is 2. The van der Waals surface area contributed by atoms with E-state index < -0.39 is 52.9 Å². The number of hydrogen-bond acceptors (Lipinski definition) is 15. The number of thiazole rings is 1. The number of piperidine rings is 1. The second kappa shape index (κ2) is 22.9. The summed E-state index contributed by atoms with van der Waals surface area (Å²) in [7, 11) is 0. The molecule has 408 valence electrons. The number of rotatable bonds is 18. The number of fused-ring (bicyclic) bond motifs is 2. The number of benzene rings is 2. The minimum atomic E-state index is -1.99. The lowest BCUT2D eigenvalue weighted by atomic mass is 9.80. The van der Waals surface area contributed by atoms with Crippen molar-refractivity contribution in [1.29, 1.82) is 0 Å². The van der Waals surface area contributed by atoms with Crippen molar-refractivity contribution in [1.82, 2.24) is 40.3 Å². The van der Waals surface area contributed by atoms with Crippen LogP contribution in [0.5, 0.6) is 5.75 Å². The van der Waals surface area contributed by atoms with Gasteiger partial charge in [-0.1, -0.05) is 69.3 Å². The number of nitrogens with zero attached hydrogens (tertiary/aromatic N) is 7. The molecule has 4 saturated heterocycles. The molecule has 5 amide bonds. The molecule has 6 heterocycles. The molecule has 5 aliphatic rings. The van der Waals surface area contributed by atoms with Crippen molar-refractivity contribution in [2.45, 2.75) is 138 Å². The van der Waals surface area contributed by atoms with E-state index in [0.717, 1.165) is 60.7 Å². The summed E-state index contributed by atoms with van der Waals surface area (Å²) in [6, 6.07) is 8.87. The van der Waals surface area contributed by atoms with Gasteiger partial charge in [-0.25, -0.2) is 19.3 Å². The number of aromatic nitrogens is 3. The number of halogens is 2. The number of aliphatic hydroxyl groups excluding tert-OH is 1. The Labute approximate surface area is 456 Å². The molecule has 5 fully saturated rings. The van der Waals surface area contributed by atoms with Crippen LogP contribution < -0.4 is 31.3 Å². The van der Waals surface area contributed by atoms with Gasteiger partial charge >= 0.3 is 0 Å². The minimum Gasteiger partial charge on any atom is -0.492 e. The number of β-amino-alcohol motifs (C(OH)–C–C–N with tert-alkyl or cyclic N) is 1. The van der Waals surface area contributed by atoms with Crippen LogP contribution in [0.15, 0.2) is 64.2 Å². The van der Waals surface area contributed by atoms with Crippen LogP contribution in [-0.4, -0.2) is 153 Å². The molecule has 2 unspecified atom stereocenters. The molecule has 2 aromatic carbocycles. The highest BCUT2D eigenvalue weighted by atomic mass is 35.5. The first-order valence-corrected chi connectivity index (χ1v) is 28.3. The maximum absolute atomic E-state index is 14.7. The van der Waals surface area contributed by atoms with Crippen molar-refractivity contribution in [3.05, 3.63) is 70.6 Å². The number of carbonyl (C=O) groups excluding carboxylic acids is 5. The summed E-state index contributed by atoms with van der Waals surface area (Å²) in [5, 5.41) is 20.1. The number of aliphatic hydroxyl groups is 1. The molecule has 4 aromatic rings. The van der Waals surface area contributed by atoms with E-state index in [0.29, 0.717) is 64.7 Å². The van der Waals surface area contributed by atoms with Gasteiger partial charge in [-0.05, 0) is 86.6 Å². The molecule has 9 rings (SSSR count). The van der Waals surface area contributed by atoms with E-state index in [1.54, 1.807) is 50.8 Å². The summed E-state index contributed by atoms with van der Waals surface area (Å²) in [5.41, 5.74) is 8.01. The molecule has 0 radical (unpaired) electrons. The zero-order valence-electron chi connectivity index (χ0n) is 43.8. The van der Waals surface area contributed by atoms with Crippen LogP contribution in [0, 0.1) is 17.8 Å². The van der Waals surface area contributed by atoms with Gasteiger partial charge in [0.25, 0.3) is 5.91 Å². The summed E-state index contributed by atoms with van der Waals surface area (Å²) >= 11 is 9.68. The Hall–Kier alpha value is -5.45. The Morgan fingerprint density at radius 1 is 1.01 bits per heavy atom. The van der Waals surface area contributed by atoms with E-state index in [9.17, 15) is 33.5 Å². The highest BCUT2D eigenvalue weighted by Gasteiger charge is 2.53. The van der Waals surface area contributed by atoms with Crippen molar-refractivity contribution in [2.75, 3.05) is 62.6 Å². The van der Waals surface area contributed by atoms with Gasteiger partial charge in [-0.3, -0.25) is 28.9 Å². The van der Waals surface area contributed by atoms with Crippen molar-refractivity contribution in [3.63, 3.8) is 0 Å². The van der Waals surface area contributed by atoms with Gasteiger partial charge in [0.15, 0.2) is 5.67 Å². The number of piperazine rings is 1. The van der Waals surface area contributed by atoms with E-state index in [2.05, 4.69) is 47.6 Å². The fourth-order valence-electron chi connectivity index (χ4n) is 10.7. The van der Waals surface area contributed by atoms with Crippen LogP contribution in [0.1, 0.15) is 90.3 Å². The number of hydrogen-bond donors (Lipinski definition) is 5. The molecule has 0 spiro atoms.